The van der Waals surface area contributed by atoms with E-state index in [9.17, 15) is 9.59 Å². The lowest BCUT2D eigenvalue weighted by Gasteiger charge is -2.28. The average Bonchev–Trinajstić information content (AvgIpc) is 2.38. The van der Waals surface area contributed by atoms with Gasteiger partial charge < -0.3 is 10.2 Å². The van der Waals surface area contributed by atoms with Gasteiger partial charge >= 0.3 is 0 Å². The second kappa shape index (κ2) is 4.16. The summed E-state index contributed by atoms with van der Waals surface area (Å²) in [4.78, 5) is 29.4. The van der Waals surface area contributed by atoms with E-state index in [1.165, 1.54) is 0 Å². The first-order valence-corrected chi connectivity index (χ1v) is 5.54. The summed E-state index contributed by atoms with van der Waals surface area (Å²) in [5, 5.41) is 2.72. The molecule has 1 N–H and O–H groups in total. The Morgan fingerprint density at radius 3 is 2.82 bits per heavy atom. The third-order valence-electron chi connectivity index (χ3n) is 2.75. The van der Waals surface area contributed by atoms with Crippen LogP contribution in [-0.4, -0.2) is 28.9 Å². The fourth-order valence-corrected chi connectivity index (χ4v) is 1.88. The number of anilines is 1. The first-order chi connectivity index (χ1) is 8.00. The van der Waals surface area contributed by atoms with E-state index in [4.69, 9.17) is 0 Å². The second-order valence-corrected chi connectivity index (χ2v) is 4.59. The van der Waals surface area contributed by atoms with Crippen LogP contribution in [0.5, 0.6) is 0 Å². The topological polar surface area (TPSA) is 62.3 Å². The molecular formula is C12H15N3O2. The first-order valence-electron chi connectivity index (χ1n) is 5.54. The van der Waals surface area contributed by atoms with Gasteiger partial charge in [0.15, 0.2) is 0 Å². The number of rotatable bonds is 1. The molecule has 1 aliphatic rings. The van der Waals surface area contributed by atoms with E-state index in [1.807, 2.05) is 6.07 Å². The summed E-state index contributed by atoms with van der Waals surface area (Å²) in [6, 6.07) is 3.59. The Balaban J connectivity index is 2.34. The lowest BCUT2D eigenvalue weighted by molar-refractivity contribution is -0.128. The number of pyridine rings is 1. The summed E-state index contributed by atoms with van der Waals surface area (Å²) in [5.41, 5.74) is -0.147. The predicted octanol–water partition coefficient (Wildman–Crippen LogP) is 0.713. The molecule has 0 bridgehead atoms. The summed E-state index contributed by atoms with van der Waals surface area (Å²) in [6.07, 6.45) is 3.59. The van der Waals surface area contributed by atoms with Gasteiger partial charge in [-0.2, -0.15) is 0 Å². The Hall–Kier alpha value is -1.91. The molecule has 1 aromatic heterocycles. The van der Waals surface area contributed by atoms with Crippen molar-refractivity contribution in [2.45, 2.75) is 25.8 Å². The molecule has 1 aromatic rings. The maximum Gasteiger partial charge on any atom is 0.252 e. The number of hydrogen-bond acceptors (Lipinski definition) is 3. The van der Waals surface area contributed by atoms with Crippen molar-refractivity contribution in [2.24, 2.45) is 0 Å². The van der Waals surface area contributed by atoms with Gasteiger partial charge in [0.05, 0.1) is 11.9 Å². The van der Waals surface area contributed by atoms with E-state index in [2.05, 4.69) is 10.3 Å². The van der Waals surface area contributed by atoms with Crippen molar-refractivity contribution < 1.29 is 9.59 Å². The Morgan fingerprint density at radius 1 is 1.41 bits per heavy atom. The largest absolute Gasteiger partial charge is 0.342 e. The van der Waals surface area contributed by atoms with Crippen molar-refractivity contribution >= 4 is 17.5 Å². The van der Waals surface area contributed by atoms with Gasteiger partial charge in [-0.15, -0.1) is 0 Å². The predicted molar refractivity (Wildman–Crippen MR) is 63.4 cm³/mol. The minimum Gasteiger partial charge on any atom is -0.342 e. The lowest BCUT2D eigenvalue weighted by Crippen LogP contribution is -2.53. The highest BCUT2D eigenvalue weighted by atomic mass is 16.2. The zero-order valence-corrected chi connectivity index (χ0v) is 9.93. The van der Waals surface area contributed by atoms with Gasteiger partial charge in [-0.05, 0) is 26.0 Å². The van der Waals surface area contributed by atoms with Crippen LogP contribution in [0.1, 0.15) is 20.3 Å². The summed E-state index contributed by atoms with van der Waals surface area (Å²) >= 11 is 0. The molecule has 0 aromatic carbocycles. The molecule has 0 unspecified atom stereocenters. The average molecular weight is 233 g/mol. The van der Waals surface area contributed by atoms with E-state index in [-0.39, 0.29) is 11.8 Å². The SMILES string of the molecule is CC1(C)NC(=O)CCN(c2cccnc2)C1=O. The number of carbonyl (C=O) groups excluding carboxylic acids is 2. The molecule has 0 atom stereocenters. The van der Waals surface area contributed by atoms with Crippen LogP contribution in [0.25, 0.3) is 0 Å². The molecule has 0 radical (unpaired) electrons. The molecule has 1 aliphatic heterocycles. The standard InChI is InChI=1S/C12H15N3O2/c1-12(2)11(17)15(7-5-10(16)14-12)9-4-3-6-13-8-9/h3-4,6,8H,5,7H2,1-2H3,(H,14,16). The molecule has 0 aliphatic carbocycles. The van der Waals surface area contributed by atoms with Gasteiger partial charge in [-0.3, -0.25) is 14.6 Å². The molecule has 2 heterocycles. The summed E-state index contributed by atoms with van der Waals surface area (Å²) in [5.74, 6) is -0.217. The Bertz CT molecular complexity index is 442. The fraction of sp³-hybridized carbons (Fsp3) is 0.417. The van der Waals surface area contributed by atoms with Gasteiger partial charge in [-0.25, -0.2) is 0 Å². The minimum atomic E-state index is -0.872. The third kappa shape index (κ3) is 2.27. The Morgan fingerprint density at radius 2 is 2.18 bits per heavy atom. The molecule has 1 saturated heterocycles. The van der Waals surface area contributed by atoms with Gasteiger partial charge in [0.25, 0.3) is 5.91 Å². The summed E-state index contributed by atoms with van der Waals surface area (Å²) in [6.45, 7) is 3.81. The summed E-state index contributed by atoms with van der Waals surface area (Å²) < 4.78 is 0. The van der Waals surface area contributed by atoms with Crippen LogP contribution in [0.4, 0.5) is 5.69 Å². The van der Waals surface area contributed by atoms with Crippen molar-refractivity contribution in [1.82, 2.24) is 10.3 Å². The van der Waals surface area contributed by atoms with Crippen molar-refractivity contribution in [3.63, 3.8) is 0 Å². The van der Waals surface area contributed by atoms with Crippen LogP contribution in [0.3, 0.4) is 0 Å². The van der Waals surface area contributed by atoms with E-state index in [1.54, 1.807) is 37.2 Å². The van der Waals surface area contributed by atoms with Crippen molar-refractivity contribution in [3.05, 3.63) is 24.5 Å². The number of amides is 2. The molecule has 5 heteroatoms. The maximum absolute atomic E-state index is 12.3. The quantitative estimate of drug-likeness (QED) is 0.777. The van der Waals surface area contributed by atoms with Gasteiger partial charge in [0, 0.05) is 19.2 Å². The zero-order valence-electron chi connectivity index (χ0n) is 9.93. The highest BCUT2D eigenvalue weighted by molar-refractivity contribution is 6.03. The number of hydrogen-bond donors (Lipinski definition) is 1. The highest BCUT2D eigenvalue weighted by Crippen LogP contribution is 2.20. The molecule has 2 amide bonds. The Kier molecular flexibility index (Phi) is 2.83. The maximum atomic E-state index is 12.3. The van der Waals surface area contributed by atoms with Crippen molar-refractivity contribution in [2.75, 3.05) is 11.4 Å². The van der Waals surface area contributed by atoms with Gasteiger partial charge in [0.2, 0.25) is 5.91 Å². The lowest BCUT2D eigenvalue weighted by atomic mass is 10.0. The van der Waals surface area contributed by atoms with Crippen LogP contribution in [0, 0.1) is 0 Å². The zero-order chi connectivity index (χ0) is 12.5. The van der Waals surface area contributed by atoms with E-state index < -0.39 is 5.54 Å². The molecule has 17 heavy (non-hydrogen) atoms. The molecule has 0 saturated carbocycles. The minimum absolute atomic E-state index is 0.102. The monoisotopic (exact) mass is 233 g/mol. The molecule has 0 spiro atoms. The third-order valence-corrected chi connectivity index (χ3v) is 2.75. The second-order valence-electron chi connectivity index (χ2n) is 4.59. The smallest absolute Gasteiger partial charge is 0.252 e. The molecule has 1 fully saturated rings. The molecule has 2 rings (SSSR count). The van der Waals surface area contributed by atoms with Crippen LogP contribution in [0.15, 0.2) is 24.5 Å². The highest BCUT2D eigenvalue weighted by Gasteiger charge is 2.37. The van der Waals surface area contributed by atoms with Gasteiger partial charge in [-0.1, -0.05) is 0 Å². The van der Waals surface area contributed by atoms with Crippen LogP contribution in [0.2, 0.25) is 0 Å². The van der Waals surface area contributed by atoms with Crippen LogP contribution >= 0.6 is 0 Å². The Labute approximate surface area is 99.8 Å². The number of aromatic nitrogens is 1. The van der Waals surface area contributed by atoms with E-state index in [0.29, 0.717) is 13.0 Å². The van der Waals surface area contributed by atoms with Crippen LogP contribution in [-0.2, 0) is 9.59 Å². The molecule has 90 valence electrons. The number of carbonyl (C=O) groups is 2. The fourth-order valence-electron chi connectivity index (χ4n) is 1.88. The van der Waals surface area contributed by atoms with E-state index >= 15 is 0 Å². The van der Waals surface area contributed by atoms with Crippen LogP contribution < -0.4 is 10.2 Å². The number of nitrogens with one attached hydrogen (secondary N) is 1. The van der Waals surface area contributed by atoms with Gasteiger partial charge in [0.1, 0.15) is 5.54 Å². The van der Waals surface area contributed by atoms with Crippen molar-refractivity contribution in [3.8, 4) is 0 Å². The first kappa shape index (κ1) is 11.6. The van der Waals surface area contributed by atoms with Crippen molar-refractivity contribution in [1.29, 1.82) is 0 Å². The normalized spacial score (nSPS) is 19.8. The number of nitrogens with zero attached hydrogens (tertiary/aromatic N) is 2. The van der Waals surface area contributed by atoms with E-state index in [0.717, 1.165) is 5.69 Å². The summed E-state index contributed by atoms with van der Waals surface area (Å²) in [7, 11) is 0. The molecule has 5 nitrogen and oxygen atoms in total. The molecular weight excluding hydrogens is 218 g/mol.